The first-order valence-corrected chi connectivity index (χ1v) is 8.85. The van der Waals surface area contributed by atoms with Crippen molar-refractivity contribution in [1.29, 1.82) is 0 Å². The molecule has 0 radical (unpaired) electrons. The Hall–Kier alpha value is -0.200. The quantitative estimate of drug-likeness (QED) is 0.903. The molecule has 0 aromatic carbocycles. The minimum Gasteiger partial charge on any atom is -0.477 e. The summed E-state index contributed by atoms with van der Waals surface area (Å²) in [5.41, 5.74) is 0.515. The zero-order valence-corrected chi connectivity index (χ0v) is 13.2. The molecule has 1 aromatic heterocycles. The first kappa shape index (κ1) is 14.2. The van der Waals surface area contributed by atoms with E-state index in [4.69, 9.17) is 0 Å². The highest BCUT2D eigenvalue weighted by Gasteiger charge is 2.30. The summed E-state index contributed by atoms with van der Waals surface area (Å²) in [5.74, 6) is 2.50. The highest BCUT2D eigenvalue weighted by Crippen LogP contribution is 2.41. The lowest BCUT2D eigenvalue weighted by Gasteiger charge is -2.19. The molecule has 1 saturated heterocycles. The fourth-order valence-corrected chi connectivity index (χ4v) is 5.86. The summed E-state index contributed by atoms with van der Waals surface area (Å²) >= 11 is 5.18. The minimum atomic E-state index is -0.850. The summed E-state index contributed by atoms with van der Waals surface area (Å²) in [5, 5.41) is 10.6. The van der Waals surface area contributed by atoms with Crippen molar-refractivity contribution in [1.82, 2.24) is 4.98 Å². The van der Waals surface area contributed by atoms with Crippen LogP contribution in [0.4, 0.5) is 0 Å². The van der Waals surface area contributed by atoms with Crippen LogP contribution in [0, 0.1) is 0 Å². The SMILES string of the molecule is CC(C)(C)c1nc(C2CSCCS2)sc1C(=O)O. The largest absolute Gasteiger partial charge is 0.477 e. The van der Waals surface area contributed by atoms with Gasteiger partial charge in [0.2, 0.25) is 0 Å². The number of hydrogen-bond acceptors (Lipinski definition) is 5. The summed E-state index contributed by atoms with van der Waals surface area (Å²) in [4.78, 5) is 16.4. The highest BCUT2D eigenvalue weighted by molar-refractivity contribution is 8.06. The molecule has 2 rings (SSSR count). The molecule has 0 saturated carbocycles. The van der Waals surface area contributed by atoms with Crippen LogP contribution in [0.2, 0.25) is 0 Å². The van der Waals surface area contributed by atoms with E-state index in [1.807, 2.05) is 44.3 Å². The number of nitrogens with zero attached hydrogens (tertiary/aromatic N) is 1. The van der Waals surface area contributed by atoms with Gasteiger partial charge in [0.1, 0.15) is 9.88 Å². The normalized spacial score (nSPS) is 20.9. The van der Waals surface area contributed by atoms with Gasteiger partial charge in [-0.05, 0) is 0 Å². The van der Waals surface area contributed by atoms with E-state index in [-0.39, 0.29) is 5.41 Å². The van der Waals surface area contributed by atoms with Crippen LogP contribution >= 0.6 is 34.9 Å². The van der Waals surface area contributed by atoms with Crippen molar-refractivity contribution in [3.63, 3.8) is 0 Å². The van der Waals surface area contributed by atoms with Gasteiger partial charge in [0.05, 0.1) is 10.9 Å². The fraction of sp³-hybridized carbons (Fsp3) is 0.667. The smallest absolute Gasteiger partial charge is 0.347 e. The van der Waals surface area contributed by atoms with E-state index >= 15 is 0 Å². The summed E-state index contributed by atoms with van der Waals surface area (Å²) in [6.07, 6.45) is 0. The molecular formula is C12H17NO2S3. The standard InChI is InChI=1S/C12H17NO2S3/c1-12(2,3)9-8(11(14)15)18-10(13-9)7-6-16-4-5-17-7/h7H,4-6H2,1-3H3,(H,14,15). The van der Waals surface area contributed by atoms with Crippen molar-refractivity contribution in [3.05, 3.63) is 15.6 Å². The molecule has 1 N–H and O–H groups in total. The van der Waals surface area contributed by atoms with E-state index in [0.717, 1.165) is 22.2 Å². The molecule has 18 heavy (non-hydrogen) atoms. The molecule has 6 heteroatoms. The number of carboxylic acids is 1. The van der Waals surface area contributed by atoms with Gasteiger partial charge in [-0.2, -0.15) is 11.8 Å². The van der Waals surface area contributed by atoms with Crippen molar-refractivity contribution < 1.29 is 9.90 Å². The topological polar surface area (TPSA) is 50.2 Å². The lowest BCUT2D eigenvalue weighted by Crippen LogP contribution is -2.16. The Balaban J connectivity index is 2.35. The van der Waals surface area contributed by atoms with Gasteiger partial charge < -0.3 is 5.11 Å². The zero-order chi connectivity index (χ0) is 13.3. The Morgan fingerprint density at radius 1 is 1.39 bits per heavy atom. The van der Waals surface area contributed by atoms with Gasteiger partial charge in [-0.15, -0.1) is 23.1 Å². The number of hydrogen-bond donors (Lipinski definition) is 1. The molecule has 1 aliphatic rings. The zero-order valence-electron chi connectivity index (χ0n) is 10.7. The van der Waals surface area contributed by atoms with Gasteiger partial charge in [0, 0.05) is 22.7 Å². The van der Waals surface area contributed by atoms with E-state index in [2.05, 4.69) is 4.98 Å². The summed E-state index contributed by atoms with van der Waals surface area (Å²) in [7, 11) is 0. The second-order valence-corrected chi connectivity index (χ2v) is 8.71. The van der Waals surface area contributed by atoms with Crippen LogP contribution in [0.25, 0.3) is 0 Å². The minimum absolute atomic E-state index is 0.213. The van der Waals surface area contributed by atoms with E-state index in [0.29, 0.717) is 10.1 Å². The molecule has 0 spiro atoms. The van der Waals surface area contributed by atoms with Crippen LogP contribution in [-0.2, 0) is 5.41 Å². The van der Waals surface area contributed by atoms with Crippen molar-refractivity contribution >= 4 is 40.8 Å². The molecule has 1 aromatic rings. The number of carbonyl (C=O) groups is 1. The number of thioether (sulfide) groups is 2. The Labute approximate surface area is 120 Å². The summed E-state index contributed by atoms with van der Waals surface area (Å²) in [6.45, 7) is 6.04. The van der Waals surface area contributed by atoms with Crippen LogP contribution in [-0.4, -0.2) is 33.3 Å². The van der Waals surface area contributed by atoms with Crippen molar-refractivity contribution in [2.75, 3.05) is 17.3 Å². The Morgan fingerprint density at radius 3 is 2.56 bits per heavy atom. The molecule has 1 fully saturated rings. The molecule has 3 nitrogen and oxygen atoms in total. The van der Waals surface area contributed by atoms with Crippen molar-refractivity contribution in [3.8, 4) is 0 Å². The summed E-state index contributed by atoms with van der Waals surface area (Å²) in [6, 6.07) is 0. The van der Waals surface area contributed by atoms with E-state index in [9.17, 15) is 9.90 Å². The Bertz CT molecular complexity index is 445. The molecule has 2 heterocycles. The monoisotopic (exact) mass is 303 g/mol. The molecule has 0 bridgehead atoms. The average Bonchev–Trinajstić information content (AvgIpc) is 2.74. The molecular weight excluding hydrogens is 286 g/mol. The third-order valence-corrected chi connectivity index (χ3v) is 6.71. The number of aromatic nitrogens is 1. The van der Waals surface area contributed by atoms with Crippen LogP contribution in [0.15, 0.2) is 0 Å². The maximum atomic E-state index is 11.3. The van der Waals surface area contributed by atoms with E-state index in [1.54, 1.807) is 0 Å². The van der Waals surface area contributed by atoms with Gasteiger partial charge in [0.15, 0.2) is 0 Å². The Kier molecular flexibility index (Phi) is 4.29. The van der Waals surface area contributed by atoms with Crippen LogP contribution in [0.1, 0.15) is 46.4 Å². The number of aromatic carboxylic acids is 1. The average molecular weight is 303 g/mol. The third-order valence-electron chi connectivity index (χ3n) is 2.64. The highest BCUT2D eigenvalue weighted by atomic mass is 32.2. The van der Waals surface area contributed by atoms with Gasteiger partial charge in [0.25, 0.3) is 0 Å². The van der Waals surface area contributed by atoms with Gasteiger partial charge in [-0.3, -0.25) is 0 Å². The predicted octanol–water partition coefficient (Wildman–Crippen LogP) is 3.66. The maximum Gasteiger partial charge on any atom is 0.347 e. The molecule has 0 aliphatic carbocycles. The van der Waals surface area contributed by atoms with Crippen LogP contribution in [0.5, 0.6) is 0 Å². The summed E-state index contributed by atoms with van der Waals surface area (Å²) < 4.78 is 0. The molecule has 1 atom stereocenters. The Morgan fingerprint density at radius 2 is 2.11 bits per heavy atom. The molecule has 0 amide bonds. The molecule has 1 aliphatic heterocycles. The van der Waals surface area contributed by atoms with Crippen LogP contribution in [0.3, 0.4) is 0 Å². The van der Waals surface area contributed by atoms with Crippen molar-refractivity contribution in [2.45, 2.75) is 31.4 Å². The second kappa shape index (κ2) is 5.43. The maximum absolute atomic E-state index is 11.3. The first-order valence-electron chi connectivity index (χ1n) is 5.83. The first-order chi connectivity index (χ1) is 8.39. The van der Waals surface area contributed by atoms with Crippen molar-refractivity contribution in [2.24, 2.45) is 0 Å². The second-order valence-electron chi connectivity index (χ2n) is 5.22. The van der Waals surface area contributed by atoms with E-state index in [1.165, 1.54) is 17.1 Å². The third kappa shape index (κ3) is 3.03. The van der Waals surface area contributed by atoms with Gasteiger partial charge >= 0.3 is 5.97 Å². The number of carboxylic acid groups (broad SMARTS) is 1. The van der Waals surface area contributed by atoms with Crippen LogP contribution < -0.4 is 0 Å². The predicted molar refractivity (Wildman–Crippen MR) is 80.3 cm³/mol. The molecule has 1 unspecified atom stereocenters. The number of thiazole rings is 1. The molecule has 100 valence electrons. The lowest BCUT2D eigenvalue weighted by molar-refractivity contribution is 0.0699. The van der Waals surface area contributed by atoms with E-state index < -0.39 is 5.97 Å². The fourth-order valence-electron chi connectivity index (χ4n) is 1.76. The van der Waals surface area contributed by atoms with Gasteiger partial charge in [-0.1, -0.05) is 20.8 Å². The lowest BCUT2D eigenvalue weighted by atomic mass is 9.91. The number of rotatable bonds is 2. The van der Waals surface area contributed by atoms with Gasteiger partial charge in [-0.25, -0.2) is 9.78 Å².